The molecule has 0 aromatic carbocycles. The van der Waals surface area contributed by atoms with Gasteiger partial charge in [-0.1, -0.05) is 52.3 Å². The Morgan fingerprint density at radius 2 is 1.44 bits per heavy atom. The first-order valence-electron chi connectivity index (χ1n) is 22.6. The smallest absolute Gasteiger partial charge is 0.308 e. The highest BCUT2D eigenvalue weighted by atomic mass is 16.7. The first-order chi connectivity index (χ1) is 28.8. The van der Waals surface area contributed by atoms with Crippen LogP contribution in [0.15, 0.2) is 23.8 Å². The molecule has 0 aromatic heterocycles. The number of likely N-dealkylation sites (tertiary alicyclic amines) is 1. The molecule has 0 aromatic rings. The van der Waals surface area contributed by atoms with Crippen LogP contribution in [0.4, 0.5) is 0 Å². The minimum absolute atomic E-state index is 0.0427. The van der Waals surface area contributed by atoms with Crippen LogP contribution in [0.25, 0.3) is 0 Å². The van der Waals surface area contributed by atoms with Gasteiger partial charge in [0.05, 0.1) is 49.6 Å². The molecular formula is C46H80N2O13. The van der Waals surface area contributed by atoms with Crippen LogP contribution in [0.5, 0.6) is 0 Å². The number of allylic oxidation sites excluding steroid dienone is 3. The second kappa shape index (κ2) is 23.9. The Morgan fingerprint density at radius 1 is 0.820 bits per heavy atom. The number of aliphatic hydroxyl groups excluding tert-OH is 4. The fourth-order valence-electron chi connectivity index (χ4n) is 10.0. The van der Waals surface area contributed by atoms with Crippen molar-refractivity contribution in [1.29, 1.82) is 0 Å². The summed E-state index contributed by atoms with van der Waals surface area (Å²) < 4.78 is 42.6. The largest absolute Gasteiger partial charge is 0.462 e. The van der Waals surface area contributed by atoms with Gasteiger partial charge in [0.1, 0.15) is 30.5 Å². The SMILES string of the molecule is CC[C@H]1OC(=O)C[C@@H](O)[C@H](C)[C@@H](OC2OC(C)C(O)C(N(C)C)C2O)[C@@H](CCN2C[C@@H](C)C[C@H](C)C2)C[C@@H](C)C(=O)/C=C/C(C)=C/[C@@H]1COC1OC(C)C(O)C(OC)C1OC. The molecule has 0 bridgehead atoms. The average molecular weight is 869 g/mol. The molecule has 0 spiro atoms. The van der Waals surface area contributed by atoms with Crippen molar-refractivity contribution in [3.63, 3.8) is 0 Å². The van der Waals surface area contributed by atoms with E-state index in [1.165, 1.54) is 20.6 Å². The van der Waals surface area contributed by atoms with Crippen LogP contribution in [0.1, 0.15) is 87.5 Å². The van der Waals surface area contributed by atoms with E-state index in [1.54, 1.807) is 45.0 Å². The minimum Gasteiger partial charge on any atom is -0.462 e. The number of piperidine rings is 1. The second-order valence-corrected chi connectivity index (χ2v) is 18.9. The third kappa shape index (κ3) is 13.8. The number of ether oxygens (including phenoxy) is 7. The van der Waals surface area contributed by atoms with Gasteiger partial charge in [-0.2, -0.15) is 0 Å². The third-order valence-corrected chi connectivity index (χ3v) is 13.5. The fourth-order valence-corrected chi connectivity index (χ4v) is 10.0. The Labute approximate surface area is 365 Å². The number of rotatable bonds is 12. The summed E-state index contributed by atoms with van der Waals surface area (Å²) in [5, 5.41) is 45.3. The van der Waals surface area contributed by atoms with Gasteiger partial charge in [-0.3, -0.25) is 9.59 Å². The number of hydrogen-bond donors (Lipinski definition) is 4. The van der Waals surface area contributed by atoms with Crippen LogP contribution in [-0.4, -0.2) is 176 Å². The number of carbonyl (C=O) groups excluding carboxylic acids is 2. The van der Waals surface area contributed by atoms with Crippen LogP contribution >= 0.6 is 0 Å². The second-order valence-electron chi connectivity index (χ2n) is 18.9. The predicted octanol–water partition coefficient (Wildman–Crippen LogP) is 3.34. The summed E-state index contributed by atoms with van der Waals surface area (Å²) in [6.45, 7) is 18.2. The van der Waals surface area contributed by atoms with Crippen molar-refractivity contribution < 1.29 is 63.2 Å². The van der Waals surface area contributed by atoms with E-state index >= 15 is 0 Å². The number of nitrogens with zero attached hydrogens (tertiary/aromatic N) is 2. The van der Waals surface area contributed by atoms with Crippen molar-refractivity contribution in [2.45, 2.75) is 167 Å². The van der Waals surface area contributed by atoms with Crippen molar-refractivity contribution in [2.75, 3.05) is 54.6 Å². The number of likely N-dealkylation sites (N-methyl/N-ethyl adjacent to an activating group) is 1. The van der Waals surface area contributed by atoms with E-state index in [0.29, 0.717) is 31.1 Å². The monoisotopic (exact) mass is 869 g/mol. The van der Waals surface area contributed by atoms with Crippen molar-refractivity contribution in [2.24, 2.45) is 35.5 Å². The van der Waals surface area contributed by atoms with Gasteiger partial charge in [0.2, 0.25) is 0 Å². The Bertz CT molecular complexity index is 1420. The summed E-state index contributed by atoms with van der Waals surface area (Å²) in [4.78, 5) is 32.1. The van der Waals surface area contributed by atoms with Crippen molar-refractivity contribution in [1.82, 2.24) is 9.80 Å². The van der Waals surface area contributed by atoms with Crippen LogP contribution in [0.3, 0.4) is 0 Å². The van der Waals surface area contributed by atoms with E-state index in [0.717, 1.165) is 25.2 Å². The average Bonchev–Trinajstić information content (AvgIpc) is 3.19. The molecule has 4 N–H and O–H groups in total. The van der Waals surface area contributed by atoms with Gasteiger partial charge in [-0.15, -0.1) is 0 Å². The van der Waals surface area contributed by atoms with Gasteiger partial charge in [0.25, 0.3) is 0 Å². The molecular weight excluding hydrogens is 789 g/mol. The van der Waals surface area contributed by atoms with E-state index in [4.69, 9.17) is 33.2 Å². The van der Waals surface area contributed by atoms with E-state index in [9.17, 15) is 30.0 Å². The summed E-state index contributed by atoms with van der Waals surface area (Å²) in [6.07, 6.45) is -2.96. The highest BCUT2D eigenvalue weighted by Gasteiger charge is 2.48. The summed E-state index contributed by atoms with van der Waals surface area (Å²) in [5.74, 6) is -1.46. The topological polar surface area (TPSA) is 186 Å². The summed E-state index contributed by atoms with van der Waals surface area (Å²) in [5.41, 5.74) is 0.761. The van der Waals surface area contributed by atoms with Crippen molar-refractivity contribution in [3.8, 4) is 0 Å². The van der Waals surface area contributed by atoms with E-state index < -0.39 is 103 Å². The van der Waals surface area contributed by atoms with Gasteiger partial charge in [0.15, 0.2) is 18.4 Å². The predicted molar refractivity (Wildman–Crippen MR) is 229 cm³/mol. The molecule has 4 aliphatic rings. The van der Waals surface area contributed by atoms with Crippen molar-refractivity contribution in [3.05, 3.63) is 23.8 Å². The van der Waals surface area contributed by atoms with Crippen LogP contribution in [-0.2, 0) is 42.7 Å². The lowest BCUT2D eigenvalue weighted by Crippen LogP contribution is -2.63. The maximum Gasteiger partial charge on any atom is 0.308 e. The zero-order valence-corrected chi connectivity index (χ0v) is 38.9. The first kappa shape index (κ1) is 51.8. The third-order valence-electron chi connectivity index (χ3n) is 13.5. The number of hydrogen-bond acceptors (Lipinski definition) is 15. The molecule has 4 aliphatic heterocycles. The molecule has 61 heavy (non-hydrogen) atoms. The number of carbonyl (C=O) groups is 2. The van der Waals surface area contributed by atoms with E-state index in [-0.39, 0.29) is 24.7 Å². The van der Waals surface area contributed by atoms with Gasteiger partial charge in [0, 0.05) is 45.1 Å². The Balaban J connectivity index is 1.68. The molecule has 10 unspecified atom stereocenters. The number of aliphatic hydroxyl groups is 4. The maximum absolute atomic E-state index is 14.0. The zero-order chi connectivity index (χ0) is 45.3. The highest BCUT2D eigenvalue weighted by Crippen LogP contribution is 2.36. The Kier molecular flexibility index (Phi) is 20.3. The molecule has 4 rings (SSSR count). The molecule has 3 saturated heterocycles. The van der Waals surface area contributed by atoms with Crippen molar-refractivity contribution >= 4 is 11.8 Å². The molecule has 352 valence electrons. The van der Waals surface area contributed by atoms with E-state index in [2.05, 4.69) is 18.7 Å². The van der Waals surface area contributed by atoms with Crippen LogP contribution in [0, 0.1) is 35.5 Å². The zero-order valence-electron chi connectivity index (χ0n) is 38.9. The molecule has 0 saturated carbocycles. The lowest BCUT2D eigenvalue weighted by atomic mass is 9.79. The van der Waals surface area contributed by atoms with Gasteiger partial charge < -0.3 is 63.4 Å². The lowest BCUT2D eigenvalue weighted by molar-refractivity contribution is -0.304. The number of esters is 1. The molecule has 4 heterocycles. The van der Waals surface area contributed by atoms with E-state index in [1.807, 2.05) is 33.8 Å². The van der Waals surface area contributed by atoms with Crippen LogP contribution in [0.2, 0.25) is 0 Å². The Morgan fingerprint density at radius 3 is 2.05 bits per heavy atom. The normalized spacial score (nSPS) is 44.3. The number of ketones is 1. The van der Waals surface area contributed by atoms with Crippen LogP contribution < -0.4 is 0 Å². The lowest BCUT2D eigenvalue weighted by Gasteiger charge is -2.47. The van der Waals surface area contributed by atoms with Gasteiger partial charge in [-0.05, 0) is 90.9 Å². The number of cyclic esters (lactones) is 1. The summed E-state index contributed by atoms with van der Waals surface area (Å²) in [7, 11) is 6.54. The minimum atomic E-state index is -1.23. The summed E-state index contributed by atoms with van der Waals surface area (Å²) >= 11 is 0. The quantitative estimate of drug-likeness (QED) is 0.209. The van der Waals surface area contributed by atoms with Gasteiger partial charge >= 0.3 is 5.97 Å². The number of methoxy groups -OCH3 is 2. The van der Waals surface area contributed by atoms with Gasteiger partial charge in [-0.25, -0.2) is 0 Å². The molecule has 15 heteroatoms. The molecule has 0 aliphatic carbocycles. The molecule has 3 fully saturated rings. The fraction of sp³-hybridized carbons (Fsp3) is 0.870. The standard InChI is InChI=1S/C46H80N2O13/c1-13-36-33(24-57-46-44(56-12)43(55-11)40(53)31(8)59-46)19-25(2)14-15-34(49)28(5)20-32(16-17-48-22-26(3)18-27(4)23-48)42(29(6)35(50)21-37(51)60-36)61-45-41(54)38(47(9)10)39(52)30(7)58-45/h14-15,19,26-33,35-36,38-46,50,52-54H,13,16-18,20-24H2,1-12H3/b15-14+,25-19+/t26-,27-,28+,29-,30?,31?,32-,33+,35+,36+,38?,39?,40?,41?,42+,43?,44?,45?,46?/m0/s1. The first-order valence-corrected chi connectivity index (χ1v) is 22.6. The molecule has 19 atom stereocenters. The highest BCUT2D eigenvalue weighted by molar-refractivity contribution is 5.91. The molecule has 0 amide bonds. The molecule has 15 nitrogen and oxygen atoms in total. The Hall–Kier alpha value is -1.86. The summed E-state index contributed by atoms with van der Waals surface area (Å²) in [6, 6.07) is -0.684. The maximum atomic E-state index is 14.0. The molecule has 0 radical (unpaired) electrons.